The molecule has 0 bridgehead atoms. The third kappa shape index (κ3) is 7.51. The highest BCUT2D eigenvalue weighted by Crippen LogP contribution is 2.25. The molecule has 1 saturated heterocycles. The van der Waals surface area contributed by atoms with Crippen LogP contribution in [0.1, 0.15) is 57.8 Å². The van der Waals surface area contributed by atoms with Crippen molar-refractivity contribution in [2.24, 2.45) is 5.73 Å². The summed E-state index contributed by atoms with van der Waals surface area (Å²) in [6.07, 6.45) is 9.33. The summed E-state index contributed by atoms with van der Waals surface area (Å²) in [5.74, 6) is 0.289. The summed E-state index contributed by atoms with van der Waals surface area (Å²) in [5.41, 5.74) is 5.51. The van der Waals surface area contributed by atoms with Crippen LogP contribution in [0.2, 0.25) is 0 Å². The molecule has 0 amide bonds. The summed E-state index contributed by atoms with van der Waals surface area (Å²) in [5, 5.41) is 0. The lowest BCUT2D eigenvalue weighted by Crippen LogP contribution is -2.48. The maximum absolute atomic E-state index is 13.0. The van der Waals surface area contributed by atoms with Gasteiger partial charge in [0.1, 0.15) is 0 Å². The fourth-order valence-electron chi connectivity index (χ4n) is 3.88. The van der Waals surface area contributed by atoms with Crippen molar-refractivity contribution in [3.63, 3.8) is 0 Å². The van der Waals surface area contributed by atoms with Crippen LogP contribution in [-0.4, -0.2) is 75.4 Å². The van der Waals surface area contributed by atoms with E-state index in [1.54, 1.807) is 0 Å². The third-order valence-corrected chi connectivity index (χ3v) is 7.44. The van der Waals surface area contributed by atoms with Gasteiger partial charge >= 0.3 is 0 Å². The first-order chi connectivity index (χ1) is 12.1. The van der Waals surface area contributed by atoms with Gasteiger partial charge in [0.05, 0.1) is 19.0 Å². The lowest BCUT2D eigenvalue weighted by molar-refractivity contribution is 0.0348. The van der Waals surface area contributed by atoms with Gasteiger partial charge in [-0.15, -0.1) is 0 Å². The van der Waals surface area contributed by atoms with E-state index in [-0.39, 0.29) is 11.8 Å². The largest absolute Gasteiger partial charge is 0.379 e. The molecule has 1 aliphatic carbocycles. The Labute approximate surface area is 154 Å². The SMILES string of the molecule is NCCCCCCS(=O)(=O)N(CCN1CCOCC1)C1CCCCC1. The van der Waals surface area contributed by atoms with E-state index in [1.807, 2.05) is 4.31 Å². The molecule has 0 unspecified atom stereocenters. The van der Waals surface area contributed by atoms with Crippen LogP contribution in [-0.2, 0) is 14.8 Å². The van der Waals surface area contributed by atoms with Gasteiger partial charge in [-0.25, -0.2) is 8.42 Å². The highest BCUT2D eigenvalue weighted by molar-refractivity contribution is 7.89. The minimum Gasteiger partial charge on any atom is -0.379 e. The molecule has 2 N–H and O–H groups in total. The van der Waals surface area contributed by atoms with Crippen LogP contribution in [0.15, 0.2) is 0 Å². The minimum atomic E-state index is -3.17. The zero-order valence-electron chi connectivity index (χ0n) is 15.7. The first-order valence-corrected chi connectivity index (χ1v) is 11.7. The normalized spacial score (nSPS) is 21.0. The van der Waals surface area contributed by atoms with E-state index in [4.69, 9.17) is 10.5 Å². The summed E-state index contributed by atoms with van der Waals surface area (Å²) in [6.45, 7) is 5.51. The topological polar surface area (TPSA) is 75.9 Å². The number of nitrogens with zero attached hydrogens (tertiary/aromatic N) is 2. The maximum Gasteiger partial charge on any atom is 0.214 e. The lowest BCUT2D eigenvalue weighted by atomic mass is 9.95. The average Bonchev–Trinajstić information content (AvgIpc) is 2.63. The highest BCUT2D eigenvalue weighted by atomic mass is 32.2. The molecule has 1 saturated carbocycles. The van der Waals surface area contributed by atoms with Crippen molar-refractivity contribution in [1.82, 2.24) is 9.21 Å². The second-order valence-electron chi connectivity index (χ2n) is 7.38. The Kier molecular flexibility index (Phi) is 9.70. The van der Waals surface area contributed by atoms with Gasteiger partial charge in [-0.3, -0.25) is 4.90 Å². The molecule has 0 aromatic carbocycles. The van der Waals surface area contributed by atoms with E-state index in [0.717, 1.165) is 84.2 Å². The molecule has 1 heterocycles. The lowest BCUT2D eigenvalue weighted by Gasteiger charge is -2.35. The highest BCUT2D eigenvalue weighted by Gasteiger charge is 2.30. The van der Waals surface area contributed by atoms with Gasteiger partial charge < -0.3 is 10.5 Å². The van der Waals surface area contributed by atoms with Crippen molar-refractivity contribution >= 4 is 10.0 Å². The number of nitrogens with two attached hydrogens (primary N) is 1. The number of unbranched alkanes of at least 4 members (excludes halogenated alkanes) is 3. The molecule has 7 heteroatoms. The van der Waals surface area contributed by atoms with Crippen LogP contribution in [0.4, 0.5) is 0 Å². The zero-order chi connectivity index (χ0) is 18.0. The quantitative estimate of drug-likeness (QED) is 0.557. The third-order valence-electron chi connectivity index (χ3n) is 5.44. The van der Waals surface area contributed by atoms with E-state index in [0.29, 0.717) is 13.1 Å². The van der Waals surface area contributed by atoms with Crippen LogP contribution >= 0.6 is 0 Å². The Morgan fingerprint density at radius 2 is 1.68 bits per heavy atom. The Hall–Kier alpha value is -0.210. The number of ether oxygens (including phenoxy) is 1. The first kappa shape index (κ1) is 21.1. The molecular weight excluding hydrogens is 338 g/mol. The predicted molar refractivity (Wildman–Crippen MR) is 102 cm³/mol. The maximum atomic E-state index is 13.0. The van der Waals surface area contributed by atoms with E-state index in [2.05, 4.69) is 4.90 Å². The van der Waals surface area contributed by atoms with Crippen LogP contribution in [0.3, 0.4) is 0 Å². The minimum absolute atomic E-state index is 0.212. The van der Waals surface area contributed by atoms with Crippen molar-refractivity contribution < 1.29 is 13.2 Å². The number of rotatable bonds is 11. The molecule has 2 rings (SSSR count). The molecule has 6 nitrogen and oxygen atoms in total. The standard InChI is InChI=1S/C18H37N3O3S/c19-10-6-1-2-7-17-25(22,23)21(18-8-4-3-5-9-18)12-11-20-13-15-24-16-14-20/h18H,1-17,19H2. The van der Waals surface area contributed by atoms with Gasteiger partial charge in [-0.1, -0.05) is 32.1 Å². The second-order valence-corrected chi connectivity index (χ2v) is 9.42. The number of hydrogen-bond acceptors (Lipinski definition) is 5. The van der Waals surface area contributed by atoms with Gasteiger partial charge in [0, 0.05) is 32.2 Å². The summed E-state index contributed by atoms with van der Waals surface area (Å²) >= 11 is 0. The molecule has 1 aliphatic heterocycles. The van der Waals surface area contributed by atoms with Crippen molar-refractivity contribution in [1.29, 1.82) is 0 Å². The van der Waals surface area contributed by atoms with Gasteiger partial charge in [-0.05, 0) is 32.2 Å². The van der Waals surface area contributed by atoms with Crippen molar-refractivity contribution in [3.05, 3.63) is 0 Å². The smallest absolute Gasteiger partial charge is 0.214 e. The molecule has 25 heavy (non-hydrogen) atoms. The molecule has 0 aromatic rings. The molecule has 0 aromatic heterocycles. The molecule has 148 valence electrons. The Bertz CT molecular complexity index is 446. The molecule has 2 aliphatic rings. The van der Waals surface area contributed by atoms with Crippen molar-refractivity contribution in [2.75, 3.05) is 51.7 Å². The second kappa shape index (κ2) is 11.5. The number of morpholine rings is 1. The van der Waals surface area contributed by atoms with Crippen molar-refractivity contribution in [3.8, 4) is 0 Å². The summed E-state index contributed by atoms with van der Waals surface area (Å²) < 4.78 is 33.2. The van der Waals surface area contributed by atoms with E-state index >= 15 is 0 Å². The first-order valence-electron chi connectivity index (χ1n) is 10.1. The number of hydrogen-bond donors (Lipinski definition) is 1. The van der Waals surface area contributed by atoms with Gasteiger partial charge in [-0.2, -0.15) is 4.31 Å². The average molecular weight is 376 g/mol. The molecule has 2 fully saturated rings. The zero-order valence-corrected chi connectivity index (χ0v) is 16.5. The van der Waals surface area contributed by atoms with Crippen LogP contribution in [0, 0.1) is 0 Å². The van der Waals surface area contributed by atoms with E-state index < -0.39 is 10.0 Å². The van der Waals surface area contributed by atoms with Crippen LogP contribution in [0.25, 0.3) is 0 Å². The fraction of sp³-hybridized carbons (Fsp3) is 1.00. The molecule has 0 atom stereocenters. The Morgan fingerprint density at radius 1 is 1.00 bits per heavy atom. The molecule has 0 radical (unpaired) electrons. The fourth-order valence-corrected chi connectivity index (χ4v) is 5.71. The monoisotopic (exact) mass is 375 g/mol. The van der Waals surface area contributed by atoms with E-state index in [9.17, 15) is 8.42 Å². The Morgan fingerprint density at radius 3 is 2.36 bits per heavy atom. The summed E-state index contributed by atoms with van der Waals surface area (Å²) in [4.78, 5) is 2.33. The van der Waals surface area contributed by atoms with Crippen LogP contribution < -0.4 is 5.73 Å². The summed E-state index contributed by atoms with van der Waals surface area (Å²) in [6, 6.07) is 0.212. The molecular formula is C18H37N3O3S. The Balaban J connectivity index is 1.89. The van der Waals surface area contributed by atoms with Gasteiger partial charge in [0.25, 0.3) is 0 Å². The van der Waals surface area contributed by atoms with Gasteiger partial charge in [0.2, 0.25) is 10.0 Å². The number of sulfonamides is 1. The van der Waals surface area contributed by atoms with Crippen molar-refractivity contribution in [2.45, 2.75) is 63.8 Å². The van der Waals surface area contributed by atoms with Crippen LogP contribution in [0.5, 0.6) is 0 Å². The van der Waals surface area contributed by atoms with Gasteiger partial charge in [0.15, 0.2) is 0 Å². The summed E-state index contributed by atoms with van der Waals surface area (Å²) in [7, 11) is -3.17. The predicted octanol–water partition coefficient (Wildman–Crippen LogP) is 1.80. The van der Waals surface area contributed by atoms with E-state index in [1.165, 1.54) is 6.42 Å². The molecule has 0 spiro atoms.